The van der Waals surface area contributed by atoms with E-state index in [4.69, 9.17) is 11.6 Å². The quantitative estimate of drug-likeness (QED) is 0.285. The van der Waals surface area contributed by atoms with Crippen LogP contribution in [0.4, 0.5) is 0 Å². The summed E-state index contributed by atoms with van der Waals surface area (Å²) in [7, 11) is 0. The molecule has 7 nitrogen and oxygen atoms in total. The minimum atomic E-state index is -0.373. The molecule has 0 radical (unpaired) electrons. The van der Waals surface area contributed by atoms with Crippen LogP contribution < -0.4 is 5.32 Å². The minimum absolute atomic E-state index is 0.211. The molecule has 4 rings (SSSR count). The molecule has 1 N–H and O–H groups in total. The summed E-state index contributed by atoms with van der Waals surface area (Å²) < 4.78 is 1.93. The number of nitrogens with one attached hydrogen (secondary N) is 1. The SMILES string of the molecule is C=CCn1c(SCC(=O)N(C2CCCCC2)C2CCCCC2)nnc1[C@H](C)NC(=O)c1ccc(Cl)cc1. The van der Waals surface area contributed by atoms with Gasteiger partial charge in [-0.3, -0.25) is 9.59 Å². The maximum absolute atomic E-state index is 13.6. The maximum Gasteiger partial charge on any atom is 0.251 e. The van der Waals surface area contributed by atoms with Crippen molar-refractivity contribution in [1.29, 1.82) is 0 Å². The number of thioether (sulfide) groups is 1. The molecule has 0 unspecified atom stereocenters. The van der Waals surface area contributed by atoms with E-state index in [1.165, 1.54) is 50.3 Å². The fourth-order valence-corrected chi connectivity index (χ4v) is 6.55. The van der Waals surface area contributed by atoms with Gasteiger partial charge < -0.3 is 14.8 Å². The van der Waals surface area contributed by atoms with Crippen LogP contribution in [-0.4, -0.2) is 49.3 Å². The zero-order chi connectivity index (χ0) is 26.2. The molecule has 1 aromatic carbocycles. The largest absolute Gasteiger partial charge is 0.342 e. The highest BCUT2D eigenvalue weighted by atomic mass is 35.5. The third-order valence-electron chi connectivity index (χ3n) is 7.45. The van der Waals surface area contributed by atoms with E-state index in [-0.39, 0.29) is 17.9 Å². The first-order valence-corrected chi connectivity index (χ1v) is 14.9. The number of nitrogens with zero attached hydrogens (tertiary/aromatic N) is 4. The number of carbonyl (C=O) groups excluding carboxylic acids is 2. The van der Waals surface area contributed by atoms with Gasteiger partial charge in [-0.15, -0.1) is 16.8 Å². The number of amides is 2. The van der Waals surface area contributed by atoms with Crippen LogP contribution in [0.2, 0.25) is 5.02 Å². The van der Waals surface area contributed by atoms with E-state index in [1.54, 1.807) is 30.3 Å². The predicted octanol–water partition coefficient (Wildman–Crippen LogP) is 6.19. The minimum Gasteiger partial charge on any atom is -0.342 e. The summed E-state index contributed by atoms with van der Waals surface area (Å²) in [5.74, 6) is 0.974. The first kappa shape index (κ1) is 27.7. The third-order valence-corrected chi connectivity index (χ3v) is 8.65. The van der Waals surface area contributed by atoms with Crippen molar-refractivity contribution in [3.63, 3.8) is 0 Å². The molecule has 0 bridgehead atoms. The van der Waals surface area contributed by atoms with Crippen LogP contribution in [0.5, 0.6) is 0 Å². The van der Waals surface area contributed by atoms with Gasteiger partial charge in [-0.2, -0.15) is 0 Å². The van der Waals surface area contributed by atoms with Crippen LogP contribution >= 0.6 is 23.4 Å². The molecule has 1 aromatic heterocycles. The lowest BCUT2D eigenvalue weighted by atomic mass is 9.88. The smallest absolute Gasteiger partial charge is 0.251 e. The van der Waals surface area contributed by atoms with Crippen molar-refractivity contribution in [1.82, 2.24) is 25.0 Å². The summed E-state index contributed by atoms with van der Waals surface area (Å²) in [6.45, 7) is 6.25. The van der Waals surface area contributed by atoms with Gasteiger partial charge in [0.1, 0.15) is 0 Å². The Balaban J connectivity index is 1.44. The zero-order valence-corrected chi connectivity index (χ0v) is 23.3. The summed E-state index contributed by atoms with van der Waals surface area (Å²) in [4.78, 5) is 28.6. The molecular weight excluding hydrogens is 506 g/mol. The van der Waals surface area contributed by atoms with Gasteiger partial charge in [0.2, 0.25) is 5.91 Å². The number of benzene rings is 1. The van der Waals surface area contributed by atoms with Crippen LogP contribution in [0.1, 0.15) is 93.4 Å². The van der Waals surface area contributed by atoms with Crippen LogP contribution in [0, 0.1) is 0 Å². The standard InChI is InChI=1S/C28H38ClN5O2S/c1-3-18-33-26(20(2)30-27(36)21-14-16-22(29)17-15-21)31-32-28(33)37-19-25(35)34(23-10-6-4-7-11-23)24-12-8-5-9-13-24/h3,14-17,20,23-24H,1,4-13,18-19H2,2H3,(H,30,36)/t20-/m0/s1. The summed E-state index contributed by atoms with van der Waals surface area (Å²) in [5.41, 5.74) is 0.525. The summed E-state index contributed by atoms with van der Waals surface area (Å²) >= 11 is 7.37. The second-order valence-electron chi connectivity index (χ2n) is 10.1. The molecule has 1 atom stereocenters. The second kappa shape index (κ2) is 13.5. The number of carbonyl (C=O) groups is 2. The lowest BCUT2D eigenvalue weighted by molar-refractivity contribution is -0.135. The average Bonchev–Trinajstić information content (AvgIpc) is 3.32. The Morgan fingerprint density at radius 3 is 2.24 bits per heavy atom. The van der Waals surface area contributed by atoms with E-state index in [0.29, 0.717) is 45.9 Å². The van der Waals surface area contributed by atoms with Crippen molar-refractivity contribution in [3.05, 3.63) is 53.3 Å². The van der Waals surface area contributed by atoms with Gasteiger partial charge in [-0.25, -0.2) is 0 Å². The summed E-state index contributed by atoms with van der Waals surface area (Å²) in [6, 6.07) is 7.13. The van der Waals surface area contributed by atoms with Crippen molar-refractivity contribution in [2.24, 2.45) is 0 Å². The first-order valence-electron chi connectivity index (χ1n) is 13.5. The molecule has 37 heavy (non-hydrogen) atoms. The third kappa shape index (κ3) is 7.17. The average molecular weight is 544 g/mol. The molecule has 2 amide bonds. The fraction of sp³-hybridized carbons (Fsp3) is 0.571. The Labute approximate surface area is 229 Å². The number of allylic oxidation sites excluding steroid dienone is 1. The molecular formula is C28H38ClN5O2S. The van der Waals surface area contributed by atoms with E-state index < -0.39 is 0 Å². The highest BCUT2D eigenvalue weighted by Gasteiger charge is 2.32. The molecule has 9 heteroatoms. The molecule has 0 spiro atoms. The summed E-state index contributed by atoms with van der Waals surface area (Å²) in [6.07, 6.45) is 13.7. The van der Waals surface area contributed by atoms with Crippen molar-refractivity contribution in [2.45, 2.75) is 101 Å². The van der Waals surface area contributed by atoms with E-state index >= 15 is 0 Å². The molecule has 200 valence electrons. The number of hydrogen-bond acceptors (Lipinski definition) is 5. The molecule has 2 saturated carbocycles. The van der Waals surface area contributed by atoms with Crippen molar-refractivity contribution >= 4 is 35.2 Å². The molecule has 2 fully saturated rings. The lowest BCUT2D eigenvalue weighted by Crippen LogP contribution is -2.49. The van der Waals surface area contributed by atoms with Crippen molar-refractivity contribution in [3.8, 4) is 0 Å². The topological polar surface area (TPSA) is 80.1 Å². The van der Waals surface area contributed by atoms with Crippen molar-refractivity contribution < 1.29 is 9.59 Å². The molecule has 0 aliphatic heterocycles. The van der Waals surface area contributed by atoms with Gasteiger partial charge in [0.05, 0.1) is 11.8 Å². The number of aromatic nitrogens is 3. The van der Waals surface area contributed by atoms with Crippen LogP contribution in [0.25, 0.3) is 0 Å². The van der Waals surface area contributed by atoms with Gasteiger partial charge in [0.25, 0.3) is 5.91 Å². The Morgan fingerprint density at radius 1 is 1.08 bits per heavy atom. The van der Waals surface area contributed by atoms with Gasteiger partial charge >= 0.3 is 0 Å². The van der Waals surface area contributed by atoms with Gasteiger partial charge in [-0.05, 0) is 56.9 Å². The normalized spacial score (nSPS) is 17.8. The van der Waals surface area contributed by atoms with Crippen LogP contribution in [0.15, 0.2) is 42.1 Å². The summed E-state index contributed by atoms with van der Waals surface area (Å²) in [5, 5.41) is 13.0. The number of rotatable bonds is 10. The fourth-order valence-electron chi connectivity index (χ4n) is 5.60. The molecule has 1 heterocycles. The Bertz CT molecular complexity index is 1040. The van der Waals surface area contributed by atoms with E-state index in [1.807, 2.05) is 11.5 Å². The zero-order valence-electron chi connectivity index (χ0n) is 21.7. The van der Waals surface area contributed by atoms with Crippen LogP contribution in [-0.2, 0) is 11.3 Å². The van der Waals surface area contributed by atoms with E-state index in [0.717, 1.165) is 25.7 Å². The highest BCUT2D eigenvalue weighted by molar-refractivity contribution is 7.99. The number of halogens is 1. The lowest BCUT2D eigenvalue weighted by Gasteiger charge is -2.41. The van der Waals surface area contributed by atoms with Gasteiger partial charge in [0.15, 0.2) is 11.0 Å². The highest BCUT2D eigenvalue weighted by Crippen LogP contribution is 2.31. The molecule has 2 aliphatic carbocycles. The van der Waals surface area contributed by atoms with Gasteiger partial charge in [-0.1, -0.05) is 68.0 Å². The first-order chi connectivity index (χ1) is 18.0. The maximum atomic E-state index is 13.6. The molecule has 2 aliphatic rings. The van der Waals surface area contributed by atoms with Gasteiger partial charge in [0, 0.05) is 29.2 Å². The molecule has 0 saturated heterocycles. The monoisotopic (exact) mass is 543 g/mol. The van der Waals surface area contributed by atoms with Crippen LogP contribution in [0.3, 0.4) is 0 Å². The van der Waals surface area contributed by atoms with Crippen molar-refractivity contribution in [2.75, 3.05) is 5.75 Å². The van der Waals surface area contributed by atoms with E-state index in [2.05, 4.69) is 27.0 Å². The predicted molar refractivity (Wildman–Crippen MR) is 149 cm³/mol. The second-order valence-corrected chi connectivity index (χ2v) is 11.5. The van der Waals surface area contributed by atoms with E-state index in [9.17, 15) is 9.59 Å². The Hall–Kier alpha value is -2.32. The molecule has 2 aromatic rings. The Kier molecular flexibility index (Phi) is 10.1. The number of hydrogen-bond donors (Lipinski definition) is 1. The Morgan fingerprint density at radius 2 is 1.68 bits per heavy atom.